The van der Waals surface area contributed by atoms with Crippen molar-refractivity contribution < 1.29 is 19.1 Å². The molecule has 0 aromatic carbocycles. The summed E-state index contributed by atoms with van der Waals surface area (Å²) < 4.78 is 5.52. The van der Waals surface area contributed by atoms with Gasteiger partial charge < -0.3 is 20.3 Å². The van der Waals surface area contributed by atoms with E-state index in [0.29, 0.717) is 0 Å². The van der Waals surface area contributed by atoms with Crippen LogP contribution in [0.3, 0.4) is 0 Å². The van der Waals surface area contributed by atoms with Gasteiger partial charge in [-0.2, -0.15) is 0 Å². The number of allylic oxidation sites excluding steroid dienone is 2. The molecule has 0 radical (unpaired) electrons. The first-order valence-electron chi connectivity index (χ1n) is 12.8. The van der Waals surface area contributed by atoms with Gasteiger partial charge in [0.15, 0.2) is 0 Å². The van der Waals surface area contributed by atoms with Crippen molar-refractivity contribution in [1.29, 1.82) is 0 Å². The fraction of sp³-hybridized carbons (Fsp3) is 0.536. The first-order chi connectivity index (χ1) is 17.6. The minimum atomic E-state index is -0.669. The van der Waals surface area contributed by atoms with Crippen LogP contribution in [0.4, 0.5) is 4.79 Å². The smallest absolute Gasteiger partial charge is 0.410 e. The Labute approximate surface area is 218 Å². The number of aromatic nitrogens is 1. The number of nitrogens with zero attached hydrogens (tertiary/aromatic N) is 3. The van der Waals surface area contributed by atoms with Gasteiger partial charge in [0, 0.05) is 62.7 Å². The highest BCUT2D eigenvalue weighted by Gasteiger charge is 2.49. The molecule has 0 spiro atoms. The van der Waals surface area contributed by atoms with Gasteiger partial charge in [0.1, 0.15) is 5.60 Å². The van der Waals surface area contributed by atoms with Gasteiger partial charge in [0.25, 0.3) is 0 Å². The molecule has 3 fully saturated rings. The molecule has 1 aromatic rings. The van der Waals surface area contributed by atoms with Crippen molar-refractivity contribution in [3.63, 3.8) is 0 Å². The van der Waals surface area contributed by atoms with E-state index in [4.69, 9.17) is 4.74 Å². The van der Waals surface area contributed by atoms with Gasteiger partial charge in [-0.25, -0.2) is 4.79 Å². The average molecular weight is 508 g/mol. The highest BCUT2D eigenvalue weighted by atomic mass is 16.6. The molecule has 2 N–H and O–H groups in total. The second kappa shape index (κ2) is 10.9. The zero-order chi connectivity index (χ0) is 26.7. The van der Waals surface area contributed by atoms with E-state index in [1.54, 1.807) is 40.2 Å². The fourth-order valence-electron chi connectivity index (χ4n) is 4.85. The van der Waals surface area contributed by atoms with Crippen molar-refractivity contribution in [2.75, 3.05) is 20.1 Å². The highest BCUT2D eigenvalue weighted by Crippen LogP contribution is 2.41. The molecule has 0 bridgehead atoms. The zero-order valence-corrected chi connectivity index (χ0v) is 22.0. The lowest BCUT2D eigenvalue weighted by Crippen LogP contribution is -2.43. The van der Waals surface area contributed by atoms with Gasteiger partial charge in [0.2, 0.25) is 11.8 Å². The van der Waals surface area contributed by atoms with Gasteiger partial charge in [-0.1, -0.05) is 18.7 Å². The first-order valence-corrected chi connectivity index (χ1v) is 12.8. The lowest BCUT2D eigenvalue weighted by molar-refractivity contribution is -0.133. The molecule has 9 heteroatoms. The Balaban J connectivity index is 1.40. The third kappa shape index (κ3) is 6.84. The molecule has 1 unspecified atom stereocenters. The van der Waals surface area contributed by atoms with Crippen LogP contribution in [0, 0.1) is 17.8 Å². The highest BCUT2D eigenvalue weighted by molar-refractivity contribution is 5.90. The summed E-state index contributed by atoms with van der Waals surface area (Å²) in [5, 5.41) is 6.18. The molecule has 1 aliphatic heterocycles. The van der Waals surface area contributed by atoms with Gasteiger partial charge in [-0.15, -0.1) is 0 Å². The van der Waals surface area contributed by atoms with Gasteiger partial charge in [-0.3, -0.25) is 19.6 Å². The fourth-order valence-corrected chi connectivity index (χ4v) is 4.85. The van der Waals surface area contributed by atoms with E-state index in [1.807, 2.05) is 30.5 Å². The maximum absolute atomic E-state index is 13.3. The average Bonchev–Trinajstić information content (AvgIpc) is 3.74. The standard InChI is InChI=1S/C28H37N5O4/c1-17(8-6-10-29-5)19-12-23(19)31-25(34)21-15-33(27(36)37-28(2,3)4)16-22(21)26(35)32-24-13-20(24)18-9-7-11-30-14-18/h6-11,14,19-24H,1,12-13,15-16H2,2-5H3,(H,31,34)(H,32,35)/b8-6-,29-10?/t19-,20-,21-,22-,23?,24+/m1/s1. The molecule has 1 saturated heterocycles. The summed E-state index contributed by atoms with van der Waals surface area (Å²) in [5.41, 5.74) is 1.34. The molecule has 2 saturated carbocycles. The molecular weight excluding hydrogens is 470 g/mol. The lowest BCUT2D eigenvalue weighted by atomic mass is 9.94. The van der Waals surface area contributed by atoms with Crippen LogP contribution in [0.5, 0.6) is 0 Å². The van der Waals surface area contributed by atoms with Gasteiger partial charge in [0.05, 0.1) is 11.8 Å². The summed E-state index contributed by atoms with van der Waals surface area (Å²) in [6.45, 7) is 9.75. The van der Waals surface area contributed by atoms with Crippen molar-refractivity contribution in [2.45, 2.75) is 57.2 Å². The Hall–Kier alpha value is -3.49. The first kappa shape index (κ1) is 26.6. The van der Waals surface area contributed by atoms with Crippen LogP contribution in [0.2, 0.25) is 0 Å². The molecule has 9 nitrogen and oxygen atoms in total. The molecule has 4 rings (SSSR count). The van der Waals surface area contributed by atoms with Crippen LogP contribution in [0.25, 0.3) is 0 Å². The van der Waals surface area contributed by atoms with E-state index in [-0.39, 0.29) is 48.8 Å². The number of likely N-dealkylation sites (tertiary alicyclic amines) is 1. The van der Waals surface area contributed by atoms with Crippen molar-refractivity contribution >= 4 is 24.1 Å². The molecule has 3 amide bonds. The summed E-state index contributed by atoms with van der Waals surface area (Å²) >= 11 is 0. The number of ether oxygens (including phenoxy) is 1. The van der Waals surface area contributed by atoms with Crippen molar-refractivity contribution in [2.24, 2.45) is 22.7 Å². The molecular formula is C28H37N5O4. The minimum Gasteiger partial charge on any atom is -0.444 e. The SMILES string of the molecule is C=C(/C=C\C=NC)[C@H]1CC1NC(=O)[C@@H]1CN(C(=O)OC(C)(C)C)C[C@H]1C(=O)N[C@H]1C[C@@H]1c1cccnc1. The van der Waals surface area contributed by atoms with E-state index in [2.05, 4.69) is 27.2 Å². The zero-order valence-electron chi connectivity index (χ0n) is 22.0. The number of hydrogen-bond acceptors (Lipinski definition) is 6. The summed E-state index contributed by atoms with van der Waals surface area (Å²) in [6, 6.07) is 3.87. The molecule has 2 aliphatic carbocycles. The van der Waals surface area contributed by atoms with Crippen LogP contribution in [-0.4, -0.2) is 71.8 Å². The Bertz CT molecular complexity index is 1090. The number of nitrogens with one attached hydrogen (secondary N) is 2. The Morgan fingerprint density at radius 3 is 2.38 bits per heavy atom. The number of amides is 3. The van der Waals surface area contributed by atoms with Crippen LogP contribution >= 0.6 is 0 Å². The van der Waals surface area contributed by atoms with Crippen LogP contribution < -0.4 is 10.6 Å². The maximum Gasteiger partial charge on any atom is 0.410 e. The molecule has 6 atom stereocenters. The number of pyridine rings is 1. The lowest BCUT2D eigenvalue weighted by Gasteiger charge is -2.24. The normalized spacial score (nSPS) is 28.8. The number of aliphatic imine (C=N–C) groups is 1. The molecule has 198 valence electrons. The van der Waals surface area contributed by atoms with Crippen LogP contribution in [-0.2, 0) is 14.3 Å². The summed E-state index contributed by atoms with van der Waals surface area (Å²) in [4.78, 5) is 49.0. The molecule has 1 aromatic heterocycles. The van der Waals surface area contributed by atoms with E-state index in [9.17, 15) is 14.4 Å². The van der Waals surface area contributed by atoms with Crippen molar-refractivity contribution in [3.05, 3.63) is 54.4 Å². The molecule has 2 heterocycles. The van der Waals surface area contributed by atoms with E-state index < -0.39 is 23.5 Å². The quantitative estimate of drug-likeness (QED) is 0.415. The second-order valence-electron chi connectivity index (χ2n) is 11.1. The van der Waals surface area contributed by atoms with Gasteiger partial charge in [-0.05, 0) is 56.9 Å². The summed E-state index contributed by atoms with van der Waals surface area (Å²) in [5.74, 6) is -1.35. The summed E-state index contributed by atoms with van der Waals surface area (Å²) in [6.07, 6.45) is 10.1. The summed E-state index contributed by atoms with van der Waals surface area (Å²) in [7, 11) is 1.70. The van der Waals surface area contributed by atoms with E-state index in [1.165, 1.54) is 4.90 Å². The Kier molecular flexibility index (Phi) is 7.80. The number of carbonyl (C=O) groups is 3. The van der Waals surface area contributed by atoms with Crippen molar-refractivity contribution in [3.8, 4) is 0 Å². The Morgan fingerprint density at radius 1 is 1.11 bits per heavy atom. The van der Waals surface area contributed by atoms with Crippen LogP contribution in [0.15, 0.2) is 53.8 Å². The third-order valence-corrected chi connectivity index (χ3v) is 7.02. The maximum atomic E-state index is 13.3. The molecule has 37 heavy (non-hydrogen) atoms. The predicted octanol–water partition coefficient (Wildman–Crippen LogP) is 2.85. The topological polar surface area (TPSA) is 113 Å². The number of carbonyl (C=O) groups excluding carboxylic acids is 3. The minimum absolute atomic E-state index is 0.00516. The second-order valence-corrected chi connectivity index (χ2v) is 11.1. The van der Waals surface area contributed by atoms with Crippen LogP contribution in [0.1, 0.15) is 45.1 Å². The van der Waals surface area contributed by atoms with E-state index in [0.717, 1.165) is 24.0 Å². The monoisotopic (exact) mass is 507 g/mol. The largest absolute Gasteiger partial charge is 0.444 e. The van der Waals surface area contributed by atoms with Crippen molar-refractivity contribution in [1.82, 2.24) is 20.5 Å². The number of hydrogen-bond donors (Lipinski definition) is 2. The van der Waals surface area contributed by atoms with Gasteiger partial charge >= 0.3 is 6.09 Å². The predicted molar refractivity (Wildman–Crippen MR) is 141 cm³/mol. The Morgan fingerprint density at radius 2 is 1.78 bits per heavy atom. The molecule has 3 aliphatic rings. The third-order valence-electron chi connectivity index (χ3n) is 7.02. The number of rotatable bonds is 8. The van der Waals surface area contributed by atoms with E-state index >= 15 is 0 Å².